The van der Waals surface area contributed by atoms with Crippen molar-refractivity contribution in [3.05, 3.63) is 84.6 Å². The van der Waals surface area contributed by atoms with Crippen molar-refractivity contribution in [1.82, 2.24) is 9.55 Å². The lowest BCUT2D eigenvalue weighted by molar-refractivity contribution is -0.113. The van der Waals surface area contributed by atoms with Gasteiger partial charge in [-0.3, -0.25) is 14.2 Å². The fourth-order valence-electron chi connectivity index (χ4n) is 3.73. The van der Waals surface area contributed by atoms with Gasteiger partial charge < -0.3 is 14.8 Å². The fourth-order valence-corrected chi connectivity index (χ4v) is 4.52. The number of amides is 1. The van der Waals surface area contributed by atoms with Crippen LogP contribution < -0.4 is 14.8 Å². The van der Waals surface area contributed by atoms with Crippen LogP contribution in [0.25, 0.3) is 16.9 Å². The summed E-state index contributed by atoms with van der Waals surface area (Å²) in [6.07, 6.45) is 1.81. The highest BCUT2D eigenvalue weighted by Crippen LogP contribution is 2.37. The second-order valence-corrected chi connectivity index (χ2v) is 8.55. The average Bonchev–Trinajstić information content (AvgIpc) is 3.50. The largest absolute Gasteiger partial charge is 0.454 e. The lowest BCUT2D eigenvalue weighted by Crippen LogP contribution is -2.16. The summed E-state index contributed by atoms with van der Waals surface area (Å²) in [5.41, 5.74) is 3.70. The fraction of sp³-hybridized carbons (Fsp3) is 0.115. The van der Waals surface area contributed by atoms with Crippen LogP contribution in [-0.4, -0.2) is 33.8 Å². The number of nitrogens with one attached hydrogen (secondary N) is 1. The van der Waals surface area contributed by atoms with E-state index in [0.29, 0.717) is 27.9 Å². The number of para-hydroxylation sites is 1. The predicted octanol–water partition coefficient (Wildman–Crippen LogP) is 5.20. The Morgan fingerprint density at radius 3 is 2.38 bits per heavy atom. The number of rotatable bonds is 7. The van der Waals surface area contributed by atoms with Crippen molar-refractivity contribution >= 4 is 29.1 Å². The van der Waals surface area contributed by atoms with Crippen LogP contribution in [-0.2, 0) is 4.79 Å². The van der Waals surface area contributed by atoms with Crippen LogP contribution in [0.15, 0.2) is 84.1 Å². The van der Waals surface area contributed by atoms with Crippen LogP contribution in [0.3, 0.4) is 0 Å². The van der Waals surface area contributed by atoms with Gasteiger partial charge in [-0.25, -0.2) is 4.98 Å². The number of carbonyl (C=O) groups is 2. The Labute approximate surface area is 200 Å². The summed E-state index contributed by atoms with van der Waals surface area (Å²) in [5, 5.41) is 3.53. The van der Waals surface area contributed by atoms with E-state index in [-0.39, 0.29) is 24.2 Å². The number of nitrogens with zero attached hydrogens (tertiary/aromatic N) is 2. The summed E-state index contributed by atoms with van der Waals surface area (Å²) in [4.78, 5) is 29.5. The number of hydrogen-bond acceptors (Lipinski definition) is 6. The van der Waals surface area contributed by atoms with E-state index in [9.17, 15) is 9.59 Å². The molecule has 5 rings (SSSR count). The highest BCUT2D eigenvalue weighted by molar-refractivity contribution is 7.99. The molecule has 1 N–H and O–H groups in total. The number of ether oxygens (including phenoxy) is 2. The molecule has 0 spiro atoms. The van der Waals surface area contributed by atoms with Crippen LogP contribution in [0.2, 0.25) is 0 Å². The summed E-state index contributed by atoms with van der Waals surface area (Å²) in [6, 6.07) is 23.1. The number of thioether (sulfide) groups is 1. The molecule has 2 heterocycles. The number of Topliss-reactive ketones (excluding diaryl/α,β-unsaturated/α-hetero) is 1. The molecule has 3 aromatic carbocycles. The maximum Gasteiger partial charge on any atom is 0.234 e. The summed E-state index contributed by atoms with van der Waals surface area (Å²) in [5.74, 6) is 0.684. The van der Waals surface area contributed by atoms with Crippen LogP contribution in [0.4, 0.5) is 5.69 Å². The third-order valence-corrected chi connectivity index (χ3v) is 6.26. The van der Waals surface area contributed by atoms with Crippen molar-refractivity contribution in [2.24, 2.45) is 0 Å². The Kier molecular flexibility index (Phi) is 6.05. The van der Waals surface area contributed by atoms with Gasteiger partial charge in [0, 0.05) is 22.9 Å². The second-order valence-electron chi connectivity index (χ2n) is 7.61. The minimum atomic E-state index is -0.254. The number of ketones is 1. The smallest absolute Gasteiger partial charge is 0.234 e. The van der Waals surface area contributed by atoms with Gasteiger partial charge in [-0.15, -0.1) is 0 Å². The standard InChI is InChI=1S/C26H21N3O4S/c1-17(30)20-12-23-24(33-16-32-23)13-21(20)28-25(31)15-34-26-27-14-22(18-8-4-2-5-9-18)29(26)19-10-6-3-7-11-19/h2-14H,15-16H2,1H3,(H,28,31). The van der Waals surface area contributed by atoms with Crippen molar-refractivity contribution in [2.75, 3.05) is 17.9 Å². The van der Waals surface area contributed by atoms with Crippen LogP contribution >= 0.6 is 11.8 Å². The molecule has 0 saturated heterocycles. The van der Waals surface area contributed by atoms with E-state index in [1.807, 2.05) is 71.4 Å². The van der Waals surface area contributed by atoms with E-state index < -0.39 is 0 Å². The lowest BCUT2D eigenvalue weighted by atomic mass is 10.1. The Morgan fingerprint density at radius 2 is 1.68 bits per heavy atom. The first-order chi connectivity index (χ1) is 16.6. The quantitative estimate of drug-likeness (QED) is 0.295. The van der Waals surface area contributed by atoms with Gasteiger partial charge in [0.1, 0.15) is 0 Å². The number of anilines is 1. The second kappa shape index (κ2) is 9.44. The van der Waals surface area contributed by atoms with Crippen LogP contribution in [0.5, 0.6) is 11.5 Å². The van der Waals surface area contributed by atoms with Crippen molar-refractivity contribution in [3.8, 4) is 28.4 Å². The topological polar surface area (TPSA) is 82.5 Å². The van der Waals surface area contributed by atoms with Gasteiger partial charge in [0.15, 0.2) is 22.4 Å². The molecular formula is C26H21N3O4S. The average molecular weight is 472 g/mol. The minimum Gasteiger partial charge on any atom is -0.454 e. The van der Waals surface area contributed by atoms with Gasteiger partial charge in [0.2, 0.25) is 12.7 Å². The zero-order valence-corrected chi connectivity index (χ0v) is 19.2. The molecule has 1 amide bonds. The number of aromatic nitrogens is 2. The molecule has 1 aliphatic heterocycles. The van der Waals surface area contributed by atoms with Crippen molar-refractivity contribution in [3.63, 3.8) is 0 Å². The highest BCUT2D eigenvalue weighted by atomic mass is 32.2. The van der Waals surface area contributed by atoms with E-state index >= 15 is 0 Å². The maximum atomic E-state index is 12.8. The number of fused-ring (bicyclic) bond motifs is 1. The molecule has 1 aromatic heterocycles. The lowest BCUT2D eigenvalue weighted by Gasteiger charge is -2.13. The summed E-state index contributed by atoms with van der Waals surface area (Å²) >= 11 is 1.32. The Hall–Kier alpha value is -4.04. The van der Waals surface area contributed by atoms with Crippen LogP contribution in [0, 0.1) is 0 Å². The molecule has 0 fully saturated rings. The Morgan fingerprint density at radius 1 is 1.00 bits per heavy atom. The van der Waals surface area contributed by atoms with Gasteiger partial charge >= 0.3 is 0 Å². The molecule has 0 radical (unpaired) electrons. The van der Waals surface area contributed by atoms with E-state index in [1.54, 1.807) is 12.1 Å². The van der Waals surface area contributed by atoms with Gasteiger partial charge in [-0.1, -0.05) is 60.3 Å². The number of hydrogen-bond donors (Lipinski definition) is 1. The zero-order valence-electron chi connectivity index (χ0n) is 18.4. The minimum absolute atomic E-state index is 0.0891. The highest BCUT2D eigenvalue weighted by Gasteiger charge is 2.21. The van der Waals surface area contributed by atoms with E-state index in [4.69, 9.17) is 9.47 Å². The van der Waals surface area contributed by atoms with Gasteiger partial charge in [-0.2, -0.15) is 0 Å². The summed E-state index contributed by atoms with van der Waals surface area (Å²) in [7, 11) is 0. The van der Waals surface area contributed by atoms with Gasteiger partial charge in [0.25, 0.3) is 0 Å². The third-order valence-electron chi connectivity index (χ3n) is 5.31. The van der Waals surface area contributed by atoms with Gasteiger partial charge in [0.05, 0.1) is 23.3 Å². The Bertz CT molecular complexity index is 1350. The molecule has 170 valence electrons. The summed E-state index contributed by atoms with van der Waals surface area (Å²) < 4.78 is 12.8. The van der Waals surface area contributed by atoms with E-state index in [1.165, 1.54) is 18.7 Å². The molecule has 8 heteroatoms. The molecule has 34 heavy (non-hydrogen) atoms. The molecule has 0 unspecified atom stereocenters. The molecule has 0 saturated carbocycles. The first-order valence-corrected chi connectivity index (χ1v) is 11.6. The molecule has 4 aromatic rings. The molecule has 7 nitrogen and oxygen atoms in total. The maximum absolute atomic E-state index is 12.8. The van der Waals surface area contributed by atoms with E-state index in [0.717, 1.165) is 16.9 Å². The van der Waals surface area contributed by atoms with E-state index in [2.05, 4.69) is 10.3 Å². The molecule has 0 atom stereocenters. The predicted molar refractivity (Wildman–Crippen MR) is 131 cm³/mol. The number of carbonyl (C=O) groups excluding carboxylic acids is 2. The Balaban J connectivity index is 1.38. The van der Waals surface area contributed by atoms with Gasteiger partial charge in [-0.05, 0) is 25.1 Å². The zero-order chi connectivity index (χ0) is 23.5. The van der Waals surface area contributed by atoms with Crippen molar-refractivity contribution < 1.29 is 19.1 Å². The third kappa shape index (κ3) is 4.40. The SMILES string of the molecule is CC(=O)c1cc2c(cc1NC(=O)CSc1ncc(-c3ccccc3)n1-c1ccccc1)OCO2. The number of benzene rings is 3. The first kappa shape index (κ1) is 21.8. The molecule has 1 aliphatic rings. The monoisotopic (exact) mass is 471 g/mol. The first-order valence-electron chi connectivity index (χ1n) is 10.7. The van der Waals surface area contributed by atoms with Crippen LogP contribution in [0.1, 0.15) is 17.3 Å². The summed E-state index contributed by atoms with van der Waals surface area (Å²) in [6.45, 7) is 1.54. The molecular weight excluding hydrogens is 450 g/mol. The molecule has 0 aliphatic carbocycles. The van der Waals surface area contributed by atoms with Crippen molar-refractivity contribution in [1.29, 1.82) is 0 Å². The normalized spacial score (nSPS) is 11.9. The molecule has 0 bridgehead atoms. The van der Waals surface area contributed by atoms with Crippen molar-refractivity contribution in [2.45, 2.75) is 12.1 Å². The number of imidazole rings is 1.